The Morgan fingerprint density at radius 3 is 2.80 bits per heavy atom. The molecule has 0 amide bonds. The smallest absolute Gasteiger partial charge is 0.133 e. The fourth-order valence-electron chi connectivity index (χ4n) is 2.88. The second kappa shape index (κ2) is 6.18. The molecule has 20 heavy (non-hydrogen) atoms. The van der Waals surface area contributed by atoms with E-state index in [4.69, 9.17) is 5.73 Å². The van der Waals surface area contributed by atoms with Crippen LogP contribution in [0.2, 0.25) is 0 Å². The van der Waals surface area contributed by atoms with E-state index in [-0.39, 0.29) is 6.04 Å². The lowest BCUT2D eigenvalue weighted by molar-refractivity contribution is 0.572. The summed E-state index contributed by atoms with van der Waals surface area (Å²) in [4.78, 5) is 0. The Hall–Kier alpha value is -1.68. The Kier molecular flexibility index (Phi) is 4.11. The zero-order valence-electron chi connectivity index (χ0n) is 11.8. The molecule has 106 valence electrons. The van der Waals surface area contributed by atoms with Gasteiger partial charge in [-0.05, 0) is 24.8 Å². The van der Waals surface area contributed by atoms with Gasteiger partial charge in [-0.15, -0.1) is 10.2 Å². The molecule has 1 atom stereocenters. The first-order valence-corrected chi connectivity index (χ1v) is 7.56. The van der Waals surface area contributed by atoms with Crippen LogP contribution in [0.15, 0.2) is 30.3 Å². The van der Waals surface area contributed by atoms with Crippen molar-refractivity contribution >= 4 is 0 Å². The number of nitrogens with two attached hydrogens (primary N) is 1. The summed E-state index contributed by atoms with van der Waals surface area (Å²) < 4.78 is 2.31. The standard InChI is InChI=1S/C16H22N4/c17-14(13-7-3-1-4-8-13)10-11-16-19-18-15-9-5-2-6-12-20(15)16/h1,3-4,7-8,14H,2,5-6,9-12,17H2. The summed E-state index contributed by atoms with van der Waals surface area (Å²) in [5.74, 6) is 2.26. The third-order valence-corrected chi connectivity index (χ3v) is 4.09. The fourth-order valence-corrected chi connectivity index (χ4v) is 2.88. The van der Waals surface area contributed by atoms with E-state index in [1.165, 1.54) is 24.8 Å². The molecule has 4 heteroatoms. The summed E-state index contributed by atoms with van der Waals surface area (Å²) in [6.45, 7) is 1.07. The van der Waals surface area contributed by atoms with Crippen molar-refractivity contribution in [1.82, 2.24) is 14.8 Å². The van der Waals surface area contributed by atoms with Crippen LogP contribution in [-0.2, 0) is 19.4 Å². The number of aryl methyl sites for hydroxylation is 2. The molecule has 1 aromatic carbocycles. The number of rotatable bonds is 4. The molecule has 0 radical (unpaired) electrons. The van der Waals surface area contributed by atoms with Gasteiger partial charge in [-0.3, -0.25) is 0 Å². The summed E-state index contributed by atoms with van der Waals surface area (Å²) >= 11 is 0. The molecule has 0 bridgehead atoms. The molecule has 0 aliphatic carbocycles. The van der Waals surface area contributed by atoms with Crippen molar-refractivity contribution in [1.29, 1.82) is 0 Å². The Labute approximate surface area is 120 Å². The number of benzene rings is 1. The first kappa shape index (κ1) is 13.3. The molecule has 0 saturated heterocycles. The van der Waals surface area contributed by atoms with Crippen LogP contribution in [0.5, 0.6) is 0 Å². The molecule has 1 aliphatic rings. The van der Waals surface area contributed by atoms with Crippen LogP contribution in [0.4, 0.5) is 0 Å². The lowest BCUT2D eigenvalue weighted by atomic mass is 10.0. The van der Waals surface area contributed by atoms with Crippen LogP contribution in [0.25, 0.3) is 0 Å². The van der Waals surface area contributed by atoms with Gasteiger partial charge in [-0.1, -0.05) is 36.8 Å². The van der Waals surface area contributed by atoms with Crippen LogP contribution in [0.1, 0.15) is 48.9 Å². The van der Waals surface area contributed by atoms with E-state index in [1.54, 1.807) is 0 Å². The van der Waals surface area contributed by atoms with Crippen LogP contribution in [0.3, 0.4) is 0 Å². The summed E-state index contributed by atoms with van der Waals surface area (Å²) in [7, 11) is 0. The second-order valence-electron chi connectivity index (χ2n) is 5.55. The monoisotopic (exact) mass is 270 g/mol. The van der Waals surface area contributed by atoms with E-state index >= 15 is 0 Å². The summed E-state index contributed by atoms with van der Waals surface area (Å²) in [5, 5.41) is 8.70. The van der Waals surface area contributed by atoms with Crippen molar-refractivity contribution in [3.63, 3.8) is 0 Å². The van der Waals surface area contributed by atoms with Crippen molar-refractivity contribution in [3.05, 3.63) is 47.5 Å². The van der Waals surface area contributed by atoms with Gasteiger partial charge in [0.05, 0.1) is 0 Å². The molecule has 2 aromatic rings. The van der Waals surface area contributed by atoms with Gasteiger partial charge in [0.15, 0.2) is 0 Å². The van der Waals surface area contributed by atoms with E-state index in [0.29, 0.717) is 0 Å². The van der Waals surface area contributed by atoms with Gasteiger partial charge in [0.2, 0.25) is 0 Å². The molecule has 1 aliphatic heterocycles. The maximum absolute atomic E-state index is 6.26. The predicted molar refractivity (Wildman–Crippen MR) is 79.3 cm³/mol. The van der Waals surface area contributed by atoms with Gasteiger partial charge in [0.1, 0.15) is 11.6 Å². The minimum Gasteiger partial charge on any atom is -0.324 e. The third kappa shape index (κ3) is 2.90. The molecule has 1 unspecified atom stereocenters. The van der Waals surface area contributed by atoms with E-state index in [2.05, 4.69) is 26.9 Å². The number of aromatic nitrogens is 3. The summed E-state index contributed by atoms with van der Waals surface area (Å²) in [5.41, 5.74) is 7.46. The third-order valence-electron chi connectivity index (χ3n) is 4.09. The first-order valence-electron chi connectivity index (χ1n) is 7.56. The van der Waals surface area contributed by atoms with Gasteiger partial charge in [-0.2, -0.15) is 0 Å². The van der Waals surface area contributed by atoms with E-state index in [9.17, 15) is 0 Å². The topological polar surface area (TPSA) is 56.7 Å². The minimum absolute atomic E-state index is 0.0786. The quantitative estimate of drug-likeness (QED) is 0.929. The van der Waals surface area contributed by atoms with E-state index in [0.717, 1.165) is 37.5 Å². The predicted octanol–water partition coefficient (Wildman–Crippen LogP) is 2.64. The van der Waals surface area contributed by atoms with Crippen molar-refractivity contribution < 1.29 is 0 Å². The minimum atomic E-state index is 0.0786. The van der Waals surface area contributed by atoms with Crippen molar-refractivity contribution in [2.24, 2.45) is 5.73 Å². The second-order valence-corrected chi connectivity index (χ2v) is 5.55. The van der Waals surface area contributed by atoms with Gasteiger partial charge >= 0.3 is 0 Å². The molecule has 0 spiro atoms. The fraction of sp³-hybridized carbons (Fsp3) is 0.500. The van der Waals surface area contributed by atoms with E-state index < -0.39 is 0 Å². The average molecular weight is 270 g/mol. The maximum Gasteiger partial charge on any atom is 0.133 e. The highest BCUT2D eigenvalue weighted by Crippen LogP contribution is 2.19. The van der Waals surface area contributed by atoms with Crippen LogP contribution in [0, 0.1) is 0 Å². The molecular formula is C16H22N4. The number of fused-ring (bicyclic) bond motifs is 1. The molecule has 2 N–H and O–H groups in total. The Morgan fingerprint density at radius 1 is 1.10 bits per heavy atom. The molecule has 1 aromatic heterocycles. The molecular weight excluding hydrogens is 248 g/mol. The molecule has 0 fully saturated rings. The number of hydrogen-bond acceptors (Lipinski definition) is 3. The SMILES string of the molecule is NC(CCc1nnc2n1CCCCC2)c1ccccc1. The first-order chi connectivity index (χ1) is 9.84. The van der Waals surface area contributed by atoms with Crippen molar-refractivity contribution in [2.75, 3.05) is 0 Å². The van der Waals surface area contributed by atoms with Gasteiger partial charge in [-0.25, -0.2) is 0 Å². The highest BCUT2D eigenvalue weighted by molar-refractivity contribution is 5.18. The van der Waals surface area contributed by atoms with Gasteiger partial charge in [0.25, 0.3) is 0 Å². The van der Waals surface area contributed by atoms with Crippen molar-refractivity contribution in [2.45, 2.75) is 51.1 Å². The normalized spacial score (nSPS) is 16.4. The van der Waals surface area contributed by atoms with Crippen LogP contribution < -0.4 is 5.73 Å². The maximum atomic E-state index is 6.26. The largest absolute Gasteiger partial charge is 0.324 e. The van der Waals surface area contributed by atoms with Crippen LogP contribution in [-0.4, -0.2) is 14.8 Å². The highest BCUT2D eigenvalue weighted by Gasteiger charge is 2.15. The summed E-state index contributed by atoms with van der Waals surface area (Å²) in [6.07, 6.45) is 6.67. The molecule has 3 rings (SSSR count). The number of nitrogens with zero attached hydrogens (tertiary/aromatic N) is 3. The molecule has 2 heterocycles. The Bertz CT molecular complexity index is 547. The van der Waals surface area contributed by atoms with Crippen LogP contribution >= 0.6 is 0 Å². The van der Waals surface area contributed by atoms with E-state index in [1.807, 2.05) is 18.2 Å². The zero-order chi connectivity index (χ0) is 13.8. The van der Waals surface area contributed by atoms with Gasteiger partial charge in [0, 0.05) is 25.4 Å². The molecule has 4 nitrogen and oxygen atoms in total. The Morgan fingerprint density at radius 2 is 1.95 bits per heavy atom. The highest BCUT2D eigenvalue weighted by atomic mass is 15.3. The Balaban J connectivity index is 1.65. The van der Waals surface area contributed by atoms with Gasteiger partial charge < -0.3 is 10.3 Å². The average Bonchev–Trinajstić information content (AvgIpc) is 2.72. The summed E-state index contributed by atoms with van der Waals surface area (Å²) in [6, 6.07) is 10.4. The lowest BCUT2D eigenvalue weighted by Gasteiger charge is -2.12. The lowest BCUT2D eigenvalue weighted by Crippen LogP contribution is -2.13. The number of hydrogen-bond donors (Lipinski definition) is 1. The zero-order valence-corrected chi connectivity index (χ0v) is 11.8. The molecule has 0 saturated carbocycles. The van der Waals surface area contributed by atoms with Crippen molar-refractivity contribution in [3.8, 4) is 0 Å².